The topological polar surface area (TPSA) is 121 Å². The number of ether oxygens (including phenoxy) is 1. The number of amides is 2. The van der Waals surface area contributed by atoms with E-state index in [1.165, 1.54) is 0 Å². The highest BCUT2D eigenvalue weighted by atomic mass is 79.9. The van der Waals surface area contributed by atoms with Crippen molar-refractivity contribution in [2.45, 2.75) is 70.5 Å². The van der Waals surface area contributed by atoms with Crippen molar-refractivity contribution < 1.29 is 14.3 Å². The molecule has 1 aromatic heterocycles. The van der Waals surface area contributed by atoms with Gasteiger partial charge in [0.25, 0.3) is 5.91 Å². The molecule has 11 heteroatoms. The Kier molecular flexibility index (Phi) is 9.79. The molecule has 0 bridgehead atoms. The van der Waals surface area contributed by atoms with Crippen LogP contribution in [0.2, 0.25) is 0 Å². The zero-order valence-corrected chi connectivity index (χ0v) is 23.9. The van der Waals surface area contributed by atoms with Gasteiger partial charge in [-0.3, -0.25) is 9.59 Å². The van der Waals surface area contributed by atoms with Gasteiger partial charge >= 0.3 is 0 Å². The molecule has 4 rings (SSSR count). The van der Waals surface area contributed by atoms with Gasteiger partial charge in [-0.2, -0.15) is 4.98 Å². The first-order valence-corrected chi connectivity index (χ1v) is 14.2. The van der Waals surface area contributed by atoms with Crippen molar-refractivity contribution in [3.63, 3.8) is 0 Å². The molecule has 2 heterocycles. The smallest absolute Gasteiger partial charge is 0.251 e. The molecule has 2 amide bonds. The molecule has 0 radical (unpaired) electrons. The molecule has 0 spiro atoms. The highest BCUT2D eigenvalue weighted by molar-refractivity contribution is 9.10. The number of aromatic nitrogens is 2. The van der Waals surface area contributed by atoms with Crippen LogP contribution in [0.5, 0.6) is 5.75 Å². The van der Waals surface area contributed by atoms with Crippen LogP contribution >= 0.6 is 15.9 Å². The van der Waals surface area contributed by atoms with Crippen molar-refractivity contribution in [1.29, 1.82) is 0 Å². The highest BCUT2D eigenvalue weighted by Gasteiger charge is 2.27. The Morgan fingerprint density at radius 1 is 1.11 bits per heavy atom. The minimum absolute atomic E-state index is 0.0288. The van der Waals surface area contributed by atoms with Crippen molar-refractivity contribution in [1.82, 2.24) is 25.5 Å². The van der Waals surface area contributed by atoms with Crippen LogP contribution < -0.4 is 26.0 Å². The molecule has 38 heavy (non-hydrogen) atoms. The minimum Gasteiger partial charge on any atom is -0.495 e. The molecule has 4 N–H and O–H groups in total. The average Bonchev–Trinajstić information content (AvgIpc) is 2.92. The second-order valence-corrected chi connectivity index (χ2v) is 10.8. The van der Waals surface area contributed by atoms with Crippen molar-refractivity contribution >= 4 is 45.2 Å². The van der Waals surface area contributed by atoms with E-state index in [9.17, 15) is 9.59 Å². The van der Waals surface area contributed by atoms with E-state index in [1.807, 2.05) is 0 Å². The van der Waals surface area contributed by atoms with Gasteiger partial charge in [-0.15, -0.1) is 0 Å². The van der Waals surface area contributed by atoms with Crippen LogP contribution in [0.25, 0.3) is 0 Å². The maximum absolute atomic E-state index is 12.9. The number of carbonyl (C=O) groups is 2. The summed E-state index contributed by atoms with van der Waals surface area (Å²) in [5.41, 5.74) is 1.20. The highest BCUT2D eigenvalue weighted by Crippen LogP contribution is 2.30. The van der Waals surface area contributed by atoms with Crippen molar-refractivity contribution in [2.75, 3.05) is 37.4 Å². The maximum atomic E-state index is 12.9. The van der Waals surface area contributed by atoms with Gasteiger partial charge in [-0.05, 0) is 66.4 Å². The summed E-state index contributed by atoms with van der Waals surface area (Å²) in [5.74, 6) is 1.43. The molecular formula is C27H38BrN7O3. The lowest BCUT2D eigenvalue weighted by Crippen LogP contribution is -2.48. The number of anilines is 3. The quantitative estimate of drug-likeness (QED) is 0.346. The van der Waals surface area contributed by atoms with Crippen molar-refractivity contribution in [3.8, 4) is 5.75 Å². The number of methoxy groups -OCH3 is 1. The minimum atomic E-state index is -0.0996. The maximum Gasteiger partial charge on any atom is 0.251 e. The Morgan fingerprint density at radius 3 is 2.53 bits per heavy atom. The van der Waals surface area contributed by atoms with Crippen molar-refractivity contribution in [2.24, 2.45) is 0 Å². The largest absolute Gasteiger partial charge is 0.495 e. The Morgan fingerprint density at radius 2 is 1.84 bits per heavy atom. The summed E-state index contributed by atoms with van der Waals surface area (Å²) in [6.45, 7) is 6.77. The van der Waals surface area contributed by atoms with Crippen LogP contribution in [-0.2, 0) is 4.79 Å². The fourth-order valence-electron chi connectivity index (χ4n) is 5.16. The number of benzene rings is 1. The lowest BCUT2D eigenvalue weighted by molar-refractivity contribution is -0.119. The molecule has 0 unspecified atom stereocenters. The van der Waals surface area contributed by atoms with Crippen LogP contribution in [0.1, 0.15) is 62.7 Å². The zero-order valence-electron chi connectivity index (χ0n) is 22.3. The summed E-state index contributed by atoms with van der Waals surface area (Å²) in [7, 11) is 1.57. The number of nitrogens with zero attached hydrogens (tertiary/aromatic N) is 3. The Hall–Kier alpha value is -2.92. The number of hydrogen-bond acceptors (Lipinski definition) is 8. The number of rotatable bonds is 9. The molecule has 2 aliphatic rings. The van der Waals surface area contributed by atoms with E-state index < -0.39 is 0 Å². The van der Waals surface area contributed by atoms with Gasteiger partial charge < -0.3 is 30.9 Å². The number of carbonyl (C=O) groups excluding carboxylic acids is 2. The predicted octanol–water partition coefficient (Wildman–Crippen LogP) is 4.06. The van der Waals surface area contributed by atoms with Gasteiger partial charge in [0, 0.05) is 49.9 Å². The molecule has 1 aliphatic heterocycles. The third-order valence-corrected chi connectivity index (χ3v) is 7.88. The molecule has 206 valence electrons. The van der Waals surface area contributed by atoms with E-state index >= 15 is 0 Å². The van der Waals surface area contributed by atoms with E-state index in [-0.39, 0.29) is 29.9 Å². The molecule has 2 atom stereocenters. The molecule has 2 aromatic rings. The van der Waals surface area contributed by atoms with E-state index in [0.29, 0.717) is 28.8 Å². The Bertz CT molecular complexity index is 1120. The van der Waals surface area contributed by atoms with Gasteiger partial charge in [-0.25, -0.2) is 4.98 Å². The first kappa shape index (κ1) is 28.1. The molecule has 2 fully saturated rings. The predicted molar refractivity (Wildman–Crippen MR) is 152 cm³/mol. The first-order chi connectivity index (χ1) is 18.4. The number of nitrogens with one attached hydrogen (secondary N) is 4. The van der Waals surface area contributed by atoms with Crippen molar-refractivity contribution in [3.05, 3.63) is 34.4 Å². The summed E-state index contributed by atoms with van der Waals surface area (Å²) in [4.78, 5) is 36.0. The number of halogens is 1. The normalized spacial score (nSPS) is 20.4. The SMILES string of the molecule is CCN1CCC(NC(=O)c2ccc(Nc3ncc(Br)c(N[C@@H]4CCCC[C@H]4NC(C)=O)n3)c(OC)c2)CC1. The van der Waals surface area contributed by atoms with Crippen LogP contribution in [-0.4, -0.2) is 71.6 Å². The second-order valence-electron chi connectivity index (χ2n) is 9.95. The lowest BCUT2D eigenvalue weighted by Gasteiger charge is -2.33. The zero-order chi connectivity index (χ0) is 27.1. The fraction of sp³-hybridized carbons (Fsp3) is 0.556. The van der Waals surface area contributed by atoms with Crippen LogP contribution in [0, 0.1) is 0 Å². The summed E-state index contributed by atoms with van der Waals surface area (Å²) in [5, 5.41) is 12.9. The number of piperidine rings is 1. The van der Waals surface area contributed by atoms with Gasteiger partial charge in [0.2, 0.25) is 11.9 Å². The van der Waals surface area contributed by atoms with Crippen LogP contribution in [0.15, 0.2) is 28.9 Å². The number of hydrogen-bond donors (Lipinski definition) is 4. The molecule has 10 nitrogen and oxygen atoms in total. The molecule has 1 aromatic carbocycles. The Labute approximate surface area is 232 Å². The standard InChI is InChI=1S/C27H38BrN7O3/c1-4-35-13-11-19(12-14-35)31-26(37)18-9-10-23(24(15-18)38-3)33-27-29-16-20(28)25(34-27)32-22-8-6-5-7-21(22)30-17(2)36/h9-10,15-16,19,21-22H,4-8,11-14H2,1-3H3,(H,30,36)(H,31,37)(H2,29,32,33,34)/t21-,22-/m1/s1. The van der Waals surface area contributed by atoms with Crippen LogP contribution in [0.3, 0.4) is 0 Å². The summed E-state index contributed by atoms with van der Waals surface area (Å²) in [6.07, 6.45) is 7.66. The summed E-state index contributed by atoms with van der Waals surface area (Å²) < 4.78 is 6.32. The lowest BCUT2D eigenvalue weighted by atomic mass is 9.90. The summed E-state index contributed by atoms with van der Waals surface area (Å²) in [6, 6.07) is 5.63. The molecular weight excluding hydrogens is 550 g/mol. The summed E-state index contributed by atoms with van der Waals surface area (Å²) >= 11 is 3.54. The third kappa shape index (κ3) is 7.35. The fourth-order valence-corrected chi connectivity index (χ4v) is 5.47. The van der Waals surface area contributed by atoms with E-state index in [4.69, 9.17) is 4.74 Å². The van der Waals surface area contributed by atoms with E-state index in [2.05, 4.69) is 59.0 Å². The van der Waals surface area contributed by atoms with E-state index in [1.54, 1.807) is 38.4 Å². The van der Waals surface area contributed by atoms with Crippen LogP contribution in [0.4, 0.5) is 17.5 Å². The number of likely N-dealkylation sites (tertiary alicyclic amines) is 1. The first-order valence-electron chi connectivity index (χ1n) is 13.4. The third-order valence-electron chi connectivity index (χ3n) is 7.30. The van der Waals surface area contributed by atoms with Gasteiger partial charge in [0.15, 0.2) is 0 Å². The monoisotopic (exact) mass is 587 g/mol. The molecule has 1 saturated heterocycles. The Balaban J connectivity index is 1.43. The van der Waals surface area contributed by atoms with Gasteiger partial charge in [0.05, 0.1) is 17.3 Å². The molecule has 1 aliphatic carbocycles. The second kappa shape index (κ2) is 13.2. The molecule has 1 saturated carbocycles. The van der Waals surface area contributed by atoms with Gasteiger partial charge in [0.1, 0.15) is 11.6 Å². The average molecular weight is 589 g/mol. The van der Waals surface area contributed by atoms with Gasteiger partial charge in [-0.1, -0.05) is 19.8 Å². The van der Waals surface area contributed by atoms with E-state index in [0.717, 1.165) is 62.6 Å².